The maximum Gasteiger partial charge on any atom is 0.275 e. The molecule has 122 valence electrons. The van der Waals surface area contributed by atoms with Gasteiger partial charge in [0.1, 0.15) is 5.69 Å². The first-order valence-electron chi connectivity index (χ1n) is 7.70. The number of nitrogens with one attached hydrogen (secondary N) is 1. The van der Waals surface area contributed by atoms with Crippen LogP contribution < -0.4 is 5.32 Å². The van der Waals surface area contributed by atoms with Crippen LogP contribution in [0.5, 0.6) is 0 Å². The molecule has 0 bridgehead atoms. The number of halogens is 1. The number of aromatic nitrogens is 3. The summed E-state index contributed by atoms with van der Waals surface area (Å²) in [6, 6.07) is 9.19. The van der Waals surface area contributed by atoms with Crippen molar-refractivity contribution in [3.05, 3.63) is 51.6 Å². The Morgan fingerprint density at radius 1 is 1.33 bits per heavy atom. The molecule has 1 N–H and O–H groups in total. The lowest BCUT2D eigenvalue weighted by molar-refractivity contribution is 0.101. The minimum atomic E-state index is -0.203. The van der Waals surface area contributed by atoms with Gasteiger partial charge < -0.3 is 0 Å². The van der Waals surface area contributed by atoms with Crippen LogP contribution in [0.1, 0.15) is 27.5 Å². The molecule has 0 atom stereocenters. The van der Waals surface area contributed by atoms with Gasteiger partial charge in [-0.05, 0) is 37.5 Å². The second-order valence-electron chi connectivity index (χ2n) is 5.75. The van der Waals surface area contributed by atoms with Gasteiger partial charge in [0.05, 0.1) is 11.4 Å². The Morgan fingerprint density at radius 2 is 2.21 bits per heavy atom. The van der Waals surface area contributed by atoms with E-state index < -0.39 is 0 Å². The third kappa shape index (κ3) is 2.83. The number of hydrogen-bond acceptors (Lipinski definition) is 4. The van der Waals surface area contributed by atoms with Crippen LogP contribution in [0.15, 0.2) is 30.3 Å². The number of thiazole rings is 1. The van der Waals surface area contributed by atoms with E-state index in [0.717, 1.165) is 30.5 Å². The van der Waals surface area contributed by atoms with Crippen molar-refractivity contribution in [2.75, 3.05) is 5.32 Å². The van der Waals surface area contributed by atoms with E-state index in [2.05, 4.69) is 15.4 Å². The van der Waals surface area contributed by atoms with E-state index in [4.69, 9.17) is 11.6 Å². The van der Waals surface area contributed by atoms with Crippen LogP contribution in [-0.2, 0) is 19.9 Å². The molecule has 5 nitrogen and oxygen atoms in total. The number of carbonyl (C=O) groups excluding carboxylic acids is 1. The van der Waals surface area contributed by atoms with Crippen LogP contribution in [0.3, 0.4) is 0 Å². The average Bonchev–Trinajstić information content (AvgIpc) is 3.21. The van der Waals surface area contributed by atoms with Gasteiger partial charge in [-0.2, -0.15) is 5.10 Å². The SMILES string of the molecule is Cn1nc(-c2cccc(Cl)c2)cc1C(=O)Nc1nc2c(s1)CCC2. The molecule has 0 radical (unpaired) electrons. The van der Waals surface area contributed by atoms with Crippen LogP contribution in [0.25, 0.3) is 11.3 Å². The summed E-state index contributed by atoms with van der Waals surface area (Å²) < 4.78 is 1.58. The fourth-order valence-corrected chi connectivity index (χ4v) is 4.11. The third-order valence-electron chi connectivity index (χ3n) is 4.05. The maximum absolute atomic E-state index is 12.5. The summed E-state index contributed by atoms with van der Waals surface area (Å²) in [6.07, 6.45) is 3.23. The Hall–Kier alpha value is -2.18. The molecule has 0 spiro atoms. The summed E-state index contributed by atoms with van der Waals surface area (Å²) in [5.41, 5.74) is 3.21. The van der Waals surface area contributed by atoms with Crippen LogP contribution in [0.2, 0.25) is 5.02 Å². The van der Waals surface area contributed by atoms with Gasteiger partial charge in [-0.15, -0.1) is 11.3 Å². The van der Waals surface area contributed by atoms with E-state index >= 15 is 0 Å². The number of benzene rings is 1. The van der Waals surface area contributed by atoms with E-state index in [9.17, 15) is 4.79 Å². The van der Waals surface area contributed by atoms with Crippen LogP contribution in [0.4, 0.5) is 5.13 Å². The molecule has 0 aliphatic heterocycles. The molecule has 1 amide bonds. The van der Waals surface area contributed by atoms with E-state index in [1.807, 2.05) is 24.3 Å². The molecule has 24 heavy (non-hydrogen) atoms. The minimum absolute atomic E-state index is 0.203. The van der Waals surface area contributed by atoms with Gasteiger partial charge in [-0.25, -0.2) is 4.98 Å². The number of fused-ring (bicyclic) bond motifs is 1. The summed E-state index contributed by atoms with van der Waals surface area (Å²) in [6.45, 7) is 0. The predicted octanol–water partition coefficient (Wildman–Crippen LogP) is 3.94. The van der Waals surface area contributed by atoms with Gasteiger partial charge >= 0.3 is 0 Å². The third-order valence-corrected chi connectivity index (χ3v) is 5.36. The van der Waals surface area contributed by atoms with Crippen molar-refractivity contribution in [2.45, 2.75) is 19.3 Å². The second kappa shape index (κ2) is 6.03. The first-order valence-corrected chi connectivity index (χ1v) is 8.89. The Balaban J connectivity index is 1.58. The number of amides is 1. The average molecular weight is 359 g/mol. The minimum Gasteiger partial charge on any atom is -0.296 e. The zero-order valence-electron chi connectivity index (χ0n) is 13.0. The number of carbonyl (C=O) groups is 1. The number of hydrogen-bond donors (Lipinski definition) is 1. The highest BCUT2D eigenvalue weighted by Crippen LogP contribution is 2.30. The van der Waals surface area contributed by atoms with Crippen molar-refractivity contribution < 1.29 is 4.79 Å². The maximum atomic E-state index is 12.5. The number of nitrogens with zero attached hydrogens (tertiary/aromatic N) is 3. The largest absolute Gasteiger partial charge is 0.296 e. The first-order chi connectivity index (χ1) is 11.6. The van der Waals surface area contributed by atoms with Crippen molar-refractivity contribution >= 4 is 34.0 Å². The van der Waals surface area contributed by atoms with Gasteiger partial charge in [0.15, 0.2) is 5.13 Å². The van der Waals surface area contributed by atoms with E-state index in [0.29, 0.717) is 21.5 Å². The molecule has 3 aromatic rings. The summed E-state index contributed by atoms with van der Waals surface area (Å²) in [5.74, 6) is -0.203. The zero-order chi connectivity index (χ0) is 16.7. The monoisotopic (exact) mass is 358 g/mol. The van der Waals surface area contributed by atoms with E-state index in [1.54, 1.807) is 29.1 Å². The van der Waals surface area contributed by atoms with Crippen molar-refractivity contribution in [3.8, 4) is 11.3 Å². The van der Waals surface area contributed by atoms with Gasteiger partial charge in [-0.1, -0.05) is 23.7 Å². The smallest absolute Gasteiger partial charge is 0.275 e. The zero-order valence-corrected chi connectivity index (χ0v) is 14.6. The lowest BCUT2D eigenvalue weighted by atomic mass is 10.1. The molecular formula is C17H15ClN4OS. The molecule has 4 rings (SSSR count). The van der Waals surface area contributed by atoms with E-state index in [1.165, 1.54) is 4.88 Å². The molecular weight excluding hydrogens is 344 g/mol. The van der Waals surface area contributed by atoms with Crippen molar-refractivity contribution in [1.29, 1.82) is 0 Å². The Labute approximate surface area is 148 Å². The molecule has 2 heterocycles. The molecule has 1 aromatic carbocycles. The molecule has 0 fully saturated rings. The topological polar surface area (TPSA) is 59.8 Å². The van der Waals surface area contributed by atoms with Crippen molar-refractivity contribution in [1.82, 2.24) is 14.8 Å². The lowest BCUT2D eigenvalue weighted by Gasteiger charge is -2.01. The van der Waals surface area contributed by atoms with Crippen molar-refractivity contribution in [2.24, 2.45) is 7.05 Å². The number of anilines is 1. The molecule has 0 unspecified atom stereocenters. The lowest BCUT2D eigenvalue weighted by Crippen LogP contribution is -2.15. The highest BCUT2D eigenvalue weighted by Gasteiger charge is 2.20. The second-order valence-corrected chi connectivity index (χ2v) is 7.27. The molecule has 1 aliphatic carbocycles. The molecule has 0 saturated carbocycles. The molecule has 1 aliphatic rings. The van der Waals surface area contributed by atoms with Gasteiger partial charge in [0, 0.05) is 22.5 Å². The number of rotatable bonds is 3. The highest BCUT2D eigenvalue weighted by atomic mass is 35.5. The Kier molecular flexibility index (Phi) is 3.86. The van der Waals surface area contributed by atoms with Crippen molar-refractivity contribution in [3.63, 3.8) is 0 Å². The summed E-state index contributed by atoms with van der Waals surface area (Å²) in [4.78, 5) is 18.3. The standard InChI is InChI=1S/C17H15ClN4OS/c1-22-14(9-13(21-22)10-4-2-5-11(18)8-10)16(23)20-17-19-12-6-3-7-15(12)24-17/h2,4-5,8-9H,3,6-7H2,1H3,(H,19,20,23). The van der Waals surface area contributed by atoms with Crippen LogP contribution >= 0.6 is 22.9 Å². The van der Waals surface area contributed by atoms with Gasteiger partial charge in [-0.3, -0.25) is 14.8 Å². The van der Waals surface area contributed by atoms with Gasteiger partial charge in [0.25, 0.3) is 5.91 Å². The van der Waals surface area contributed by atoms with Crippen LogP contribution in [-0.4, -0.2) is 20.7 Å². The van der Waals surface area contributed by atoms with E-state index in [-0.39, 0.29) is 5.91 Å². The first kappa shape index (κ1) is 15.4. The normalized spacial score (nSPS) is 13.1. The molecule has 7 heteroatoms. The van der Waals surface area contributed by atoms with Crippen LogP contribution in [0, 0.1) is 0 Å². The van der Waals surface area contributed by atoms with Gasteiger partial charge in [0.2, 0.25) is 0 Å². The summed E-state index contributed by atoms with van der Waals surface area (Å²) >= 11 is 7.59. The highest BCUT2D eigenvalue weighted by molar-refractivity contribution is 7.16. The number of aryl methyl sites for hydroxylation is 3. The fraction of sp³-hybridized carbons (Fsp3) is 0.235. The Morgan fingerprint density at radius 3 is 3.00 bits per heavy atom. The molecule has 2 aromatic heterocycles. The predicted molar refractivity (Wildman–Crippen MR) is 95.7 cm³/mol. The Bertz CT molecular complexity index is 909. The quantitative estimate of drug-likeness (QED) is 0.771. The molecule has 0 saturated heterocycles. The fourth-order valence-electron chi connectivity index (χ4n) is 2.87. The summed E-state index contributed by atoms with van der Waals surface area (Å²) in [5, 5.41) is 8.60. The summed E-state index contributed by atoms with van der Waals surface area (Å²) in [7, 11) is 1.75.